The summed E-state index contributed by atoms with van der Waals surface area (Å²) in [6, 6.07) is 1.87. The maximum atomic E-state index is 13.7. The molecule has 1 unspecified atom stereocenters. The van der Waals surface area contributed by atoms with Crippen molar-refractivity contribution in [3.05, 3.63) is 28.0 Å². The summed E-state index contributed by atoms with van der Waals surface area (Å²) in [6.45, 7) is 2.50. The monoisotopic (exact) mass is 378 g/mol. The van der Waals surface area contributed by atoms with E-state index in [4.69, 9.17) is 5.14 Å². The van der Waals surface area contributed by atoms with Crippen LogP contribution in [0.25, 0.3) is 0 Å². The molecule has 0 saturated carbocycles. The van der Waals surface area contributed by atoms with E-state index in [9.17, 15) is 17.6 Å². The lowest BCUT2D eigenvalue weighted by molar-refractivity contribution is 0.0634. The van der Waals surface area contributed by atoms with Crippen LogP contribution < -0.4 is 5.14 Å². The molecule has 0 radical (unpaired) electrons. The number of rotatable bonds is 2. The van der Waals surface area contributed by atoms with E-state index in [-0.39, 0.29) is 16.1 Å². The van der Waals surface area contributed by atoms with Gasteiger partial charge in [0.05, 0.1) is 14.9 Å². The number of carbonyl (C=O) groups is 1. The largest absolute Gasteiger partial charge is 0.336 e. The molecule has 1 amide bonds. The highest BCUT2D eigenvalue weighted by molar-refractivity contribution is 9.10. The molecule has 8 heteroatoms. The Labute approximate surface area is 131 Å². The first-order chi connectivity index (χ1) is 9.71. The van der Waals surface area contributed by atoms with Crippen molar-refractivity contribution >= 4 is 31.9 Å². The molecule has 0 spiro atoms. The third kappa shape index (κ3) is 3.44. The minimum Gasteiger partial charge on any atom is -0.336 e. The van der Waals surface area contributed by atoms with Crippen molar-refractivity contribution in [3.8, 4) is 0 Å². The Kier molecular flexibility index (Phi) is 4.69. The number of nitrogens with zero attached hydrogens (tertiary/aromatic N) is 1. The first-order valence-corrected chi connectivity index (χ1v) is 8.88. The summed E-state index contributed by atoms with van der Waals surface area (Å²) in [6.07, 6.45) is 2.80. The van der Waals surface area contributed by atoms with Crippen molar-refractivity contribution in [2.24, 2.45) is 5.14 Å². The third-order valence-electron chi connectivity index (χ3n) is 3.60. The fourth-order valence-corrected chi connectivity index (χ4v) is 4.19. The lowest BCUT2D eigenvalue weighted by Gasteiger charge is -2.33. The van der Waals surface area contributed by atoms with Crippen molar-refractivity contribution in [3.63, 3.8) is 0 Å². The van der Waals surface area contributed by atoms with Crippen LogP contribution in [-0.4, -0.2) is 31.8 Å². The van der Waals surface area contributed by atoms with Crippen LogP contribution in [0.5, 0.6) is 0 Å². The normalized spacial score (nSPS) is 19.6. The minimum absolute atomic E-state index is 0.00849. The quantitative estimate of drug-likeness (QED) is 0.856. The minimum atomic E-state index is -4.11. The maximum Gasteiger partial charge on any atom is 0.255 e. The van der Waals surface area contributed by atoms with Gasteiger partial charge in [-0.25, -0.2) is 17.9 Å². The van der Waals surface area contributed by atoms with E-state index in [1.165, 1.54) is 0 Å². The fraction of sp³-hybridized carbons (Fsp3) is 0.462. The second kappa shape index (κ2) is 6.02. The molecule has 0 aliphatic carbocycles. The SMILES string of the molecule is CC1CCCCN1C(=O)c1cc(F)cc(S(N)(=O)=O)c1Br. The Balaban J connectivity index is 2.49. The van der Waals surface area contributed by atoms with Gasteiger partial charge in [0, 0.05) is 12.6 Å². The second-order valence-electron chi connectivity index (χ2n) is 5.15. The van der Waals surface area contributed by atoms with Gasteiger partial charge in [-0.1, -0.05) is 0 Å². The Morgan fingerprint density at radius 2 is 2.10 bits per heavy atom. The maximum absolute atomic E-state index is 13.7. The number of hydrogen-bond acceptors (Lipinski definition) is 3. The molecule has 1 heterocycles. The van der Waals surface area contributed by atoms with Crippen LogP contribution in [0.3, 0.4) is 0 Å². The van der Waals surface area contributed by atoms with Crippen LogP contribution in [0.4, 0.5) is 4.39 Å². The molecular formula is C13H16BrFN2O3S. The highest BCUT2D eigenvalue weighted by Crippen LogP contribution is 2.29. The summed E-state index contributed by atoms with van der Waals surface area (Å²) >= 11 is 3.07. The predicted molar refractivity (Wildman–Crippen MR) is 79.8 cm³/mol. The molecule has 1 atom stereocenters. The molecule has 2 rings (SSSR count). The molecule has 0 bridgehead atoms. The van der Waals surface area contributed by atoms with E-state index in [2.05, 4.69) is 15.9 Å². The van der Waals surface area contributed by atoms with Crippen molar-refractivity contribution < 1.29 is 17.6 Å². The summed E-state index contributed by atoms with van der Waals surface area (Å²) in [5, 5.41) is 5.05. The lowest BCUT2D eigenvalue weighted by atomic mass is 10.0. The van der Waals surface area contributed by atoms with Gasteiger partial charge in [-0.15, -0.1) is 0 Å². The number of primary sulfonamides is 1. The number of likely N-dealkylation sites (tertiary alicyclic amines) is 1. The third-order valence-corrected chi connectivity index (χ3v) is 5.66. The molecule has 0 aromatic heterocycles. The van der Waals surface area contributed by atoms with Gasteiger partial charge in [-0.3, -0.25) is 4.79 Å². The average molecular weight is 379 g/mol. The van der Waals surface area contributed by atoms with E-state index in [1.807, 2.05) is 6.92 Å². The highest BCUT2D eigenvalue weighted by Gasteiger charge is 2.28. The van der Waals surface area contributed by atoms with Gasteiger partial charge in [0.2, 0.25) is 10.0 Å². The molecule has 1 fully saturated rings. The van der Waals surface area contributed by atoms with Crippen molar-refractivity contribution in [2.75, 3.05) is 6.54 Å². The number of halogens is 2. The smallest absolute Gasteiger partial charge is 0.255 e. The van der Waals surface area contributed by atoms with E-state index in [0.717, 1.165) is 31.4 Å². The summed E-state index contributed by atoms with van der Waals surface area (Å²) < 4.78 is 36.6. The zero-order valence-corrected chi connectivity index (χ0v) is 13.9. The molecular weight excluding hydrogens is 363 g/mol. The van der Waals surface area contributed by atoms with Gasteiger partial charge >= 0.3 is 0 Å². The van der Waals surface area contributed by atoms with Crippen LogP contribution in [0.2, 0.25) is 0 Å². The van der Waals surface area contributed by atoms with Gasteiger partial charge in [-0.05, 0) is 54.2 Å². The van der Waals surface area contributed by atoms with Crippen LogP contribution in [0, 0.1) is 5.82 Å². The second-order valence-corrected chi connectivity index (χ2v) is 7.48. The zero-order valence-electron chi connectivity index (χ0n) is 11.5. The molecule has 116 valence electrons. The average Bonchev–Trinajstić information content (AvgIpc) is 2.39. The van der Waals surface area contributed by atoms with Gasteiger partial charge in [0.25, 0.3) is 5.91 Å². The Morgan fingerprint density at radius 3 is 2.67 bits per heavy atom. The molecule has 1 saturated heterocycles. The predicted octanol–water partition coefficient (Wildman–Crippen LogP) is 2.25. The topological polar surface area (TPSA) is 80.5 Å². The fourth-order valence-electron chi connectivity index (χ4n) is 2.48. The Morgan fingerprint density at radius 1 is 1.43 bits per heavy atom. The van der Waals surface area contributed by atoms with Gasteiger partial charge < -0.3 is 4.90 Å². The number of hydrogen-bond donors (Lipinski definition) is 1. The van der Waals surface area contributed by atoms with Gasteiger partial charge in [0.15, 0.2) is 0 Å². The zero-order chi connectivity index (χ0) is 15.8. The highest BCUT2D eigenvalue weighted by atomic mass is 79.9. The Bertz CT molecular complexity index is 678. The first-order valence-electron chi connectivity index (χ1n) is 6.54. The van der Waals surface area contributed by atoms with Crippen molar-refractivity contribution in [1.82, 2.24) is 4.90 Å². The van der Waals surface area contributed by atoms with Crippen LogP contribution in [-0.2, 0) is 10.0 Å². The Hall–Kier alpha value is -0.990. The van der Waals surface area contributed by atoms with Crippen LogP contribution >= 0.6 is 15.9 Å². The molecule has 21 heavy (non-hydrogen) atoms. The summed E-state index contributed by atoms with van der Waals surface area (Å²) in [5.74, 6) is -1.20. The number of carbonyl (C=O) groups excluding carboxylic acids is 1. The van der Waals surface area contributed by atoms with Crippen LogP contribution in [0.15, 0.2) is 21.5 Å². The molecule has 5 nitrogen and oxygen atoms in total. The number of benzene rings is 1. The lowest BCUT2D eigenvalue weighted by Crippen LogP contribution is -2.42. The number of piperidine rings is 1. The van der Waals surface area contributed by atoms with Crippen molar-refractivity contribution in [2.45, 2.75) is 37.1 Å². The van der Waals surface area contributed by atoms with E-state index in [1.54, 1.807) is 4.90 Å². The molecule has 1 aromatic rings. The van der Waals surface area contributed by atoms with Crippen LogP contribution in [0.1, 0.15) is 36.5 Å². The first kappa shape index (κ1) is 16.4. The summed E-state index contributed by atoms with van der Waals surface area (Å²) in [4.78, 5) is 13.8. The summed E-state index contributed by atoms with van der Waals surface area (Å²) in [5.41, 5.74) is -0.0206. The number of amides is 1. The van der Waals surface area contributed by atoms with E-state index >= 15 is 0 Å². The van der Waals surface area contributed by atoms with Gasteiger partial charge in [-0.2, -0.15) is 0 Å². The molecule has 1 aliphatic rings. The molecule has 2 N–H and O–H groups in total. The van der Waals surface area contributed by atoms with E-state index in [0.29, 0.717) is 6.54 Å². The standard InChI is InChI=1S/C13H16BrFN2O3S/c1-8-4-2-3-5-17(8)13(18)10-6-9(15)7-11(12(10)14)21(16,19)20/h6-8H,2-5H2,1H3,(H2,16,19,20). The molecule has 1 aliphatic heterocycles. The number of sulfonamides is 1. The molecule has 1 aromatic carbocycles. The summed E-state index contributed by atoms with van der Waals surface area (Å²) in [7, 11) is -4.11. The number of nitrogens with two attached hydrogens (primary N) is 1. The van der Waals surface area contributed by atoms with Crippen molar-refractivity contribution in [1.29, 1.82) is 0 Å². The van der Waals surface area contributed by atoms with E-state index < -0.39 is 26.6 Å². The van der Waals surface area contributed by atoms with Gasteiger partial charge in [0.1, 0.15) is 5.82 Å².